The van der Waals surface area contributed by atoms with E-state index in [-0.39, 0.29) is 6.42 Å². The SMILES string of the molecule is O=C(O)CNC(=O)NC(CCCCN(Cc1ccccn1)Cc1ccccn1)C(=O)O. The van der Waals surface area contributed by atoms with Gasteiger partial charge in [-0.05, 0) is 50.1 Å². The lowest BCUT2D eigenvalue weighted by molar-refractivity contribution is -0.139. The summed E-state index contributed by atoms with van der Waals surface area (Å²) >= 11 is 0. The van der Waals surface area contributed by atoms with Crippen LogP contribution in [0.3, 0.4) is 0 Å². The summed E-state index contributed by atoms with van der Waals surface area (Å²) in [6.45, 7) is 1.39. The standard InChI is InChI=1S/C21H27N5O5/c27-19(28)13-24-21(31)25-18(20(29)30)9-3-6-12-26(14-16-7-1-4-10-22-16)15-17-8-2-5-11-23-17/h1-2,4-5,7-8,10-11,18H,3,6,9,12-15H2,(H,27,28)(H,29,30)(H2,24,25,31). The minimum absolute atomic E-state index is 0.233. The van der Waals surface area contributed by atoms with E-state index in [2.05, 4.69) is 25.5 Å². The van der Waals surface area contributed by atoms with E-state index in [4.69, 9.17) is 5.11 Å². The van der Waals surface area contributed by atoms with Crippen LogP contribution in [0, 0.1) is 0 Å². The van der Waals surface area contributed by atoms with Crippen molar-refractivity contribution in [2.24, 2.45) is 0 Å². The van der Waals surface area contributed by atoms with Gasteiger partial charge in [-0.1, -0.05) is 12.1 Å². The van der Waals surface area contributed by atoms with Gasteiger partial charge in [0.15, 0.2) is 0 Å². The second-order valence-electron chi connectivity index (χ2n) is 6.96. The number of aromatic nitrogens is 2. The molecule has 0 fully saturated rings. The van der Waals surface area contributed by atoms with Crippen molar-refractivity contribution >= 4 is 18.0 Å². The Bertz CT molecular complexity index is 793. The molecule has 1 unspecified atom stereocenters. The minimum atomic E-state index is -1.21. The van der Waals surface area contributed by atoms with E-state index >= 15 is 0 Å². The number of carbonyl (C=O) groups is 3. The van der Waals surface area contributed by atoms with Gasteiger partial charge in [-0.15, -0.1) is 0 Å². The molecule has 10 nitrogen and oxygen atoms in total. The number of aliphatic carboxylic acids is 2. The summed E-state index contributed by atoms with van der Waals surface area (Å²) in [6.07, 6.45) is 5.00. The highest BCUT2D eigenvalue weighted by Crippen LogP contribution is 2.10. The van der Waals surface area contributed by atoms with Crippen LogP contribution in [0.25, 0.3) is 0 Å². The molecule has 31 heavy (non-hydrogen) atoms. The summed E-state index contributed by atoms with van der Waals surface area (Å²) < 4.78 is 0. The largest absolute Gasteiger partial charge is 0.480 e. The van der Waals surface area contributed by atoms with Crippen molar-refractivity contribution in [2.45, 2.75) is 38.4 Å². The van der Waals surface area contributed by atoms with Crippen molar-refractivity contribution in [1.29, 1.82) is 0 Å². The molecule has 2 aromatic rings. The molecule has 0 bridgehead atoms. The number of pyridine rings is 2. The second-order valence-corrected chi connectivity index (χ2v) is 6.96. The molecule has 4 N–H and O–H groups in total. The molecule has 0 aliphatic rings. The highest BCUT2D eigenvalue weighted by Gasteiger charge is 2.20. The predicted octanol–water partition coefficient (Wildman–Crippen LogP) is 1.49. The lowest BCUT2D eigenvalue weighted by Crippen LogP contribution is -2.47. The van der Waals surface area contributed by atoms with Crippen LogP contribution in [0.5, 0.6) is 0 Å². The van der Waals surface area contributed by atoms with Gasteiger partial charge in [-0.25, -0.2) is 9.59 Å². The maximum atomic E-state index is 11.6. The van der Waals surface area contributed by atoms with Crippen LogP contribution in [-0.2, 0) is 22.7 Å². The number of carboxylic acid groups (broad SMARTS) is 2. The molecule has 0 aromatic carbocycles. The first-order valence-electron chi connectivity index (χ1n) is 9.95. The first-order chi connectivity index (χ1) is 14.9. The Labute approximate surface area is 180 Å². The highest BCUT2D eigenvalue weighted by atomic mass is 16.4. The summed E-state index contributed by atoms with van der Waals surface area (Å²) in [4.78, 5) is 44.4. The molecule has 2 heterocycles. The summed E-state index contributed by atoms with van der Waals surface area (Å²) in [5, 5.41) is 22.3. The lowest BCUT2D eigenvalue weighted by atomic mass is 10.1. The molecule has 0 aliphatic carbocycles. The number of nitrogens with one attached hydrogen (secondary N) is 2. The van der Waals surface area contributed by atoms with Gasteiger partial charge >= 0.3 is 18.0 Å². The third-order valence-corrected chi connectivity index (χ3v) is 4.44. The first kappa shape index (κ1) is 23.7. The van der Waals surface area contributed by atoms with Crippen molar-refractivity contribution in [2.75, 3.05) is 13.1 Å². The number of carboxylic acids is 2. The Balaban J connectivity index is 1.85. The summed E-state index contributed by atoms with van der Waals surface area (Å²) in [5.74, 6) is -2.37. The van der Waals surface area contributed by atoms with E-state index in [1.165, 1.54) is 0 Å². The van der Waals surface area contributed by atoms with Gasteiger partial charge < -0.3 is 20.8 Å². The molecule has 10 heteroatoms. The second kappa shape index (κ2) is 12.9. The van der Waals surface area contributed by atoms with Gasteiger partial charge in [0.1, 0.15) is 12.6 Å². The van der Waals surface area contributed by atoms with Gasteiger partial charge in [0, 0.05) is 25.5 Å². The molecule has 1 atom stereocenters. The van der Waals surface area contributed by atoms with Crippen LogP contribution in [0.15, 0.2) is 48.8 Å². The minimum Gasteiger partial charge on any atom is -0.480 e. The maximum absolute atomic E-state index is 11.6. The van der Waals surface area contributed by atoms with E-state index in [1.807, 2.05) is 36.4 Å². The molecular weight excluding hydrogens is 402 g/mol. The van der Waals surface area contributed by atoms with E-state index in [1.54, 1.807) is 12.4 Å². The monoisotopic (exact) mass is 429 g/mol. The van der Waals surface area contributed by atoms with Crippen molar-refractivity contribution in [1.82, 2.24) is 25.5 Å². The molecule has 2 rings (SSSR count). The van der Waals surface area contributed by atoms with Crippen LogP contribution >= 0.6 is 0 Å². The zero-order valence-corrected chi connectivity index (χ0v) is 17.1. The van der Waals surface area contributed by atoms with Gasteiger partial charge in [-0.3, -0.25) is 19.7 Å². The molecule has 0 radical (unpaired) electrons. The molecule has 166 valence electrons. The Morgan fingerprint density at radius 2 is 1.55 bits per heavy atom. The average Bonchev–Trinajstić information content (AvgIpc) is 2.75. The fraction of sp³-hybridized carbons (Fsp3) is 0.381. The van der Waals surface area contributed by atoms with Crippen LogP contribution < -0.4 is 10.6 Å². The number of hydrogen-bond acceptors (Lipinski definition) is 6. The Kier molecular flexibility index (Phi) is 9.89. The van der Waals surface area contributed by atoms with Crippen LogP contribution in [-0.4, -0.2) is 62.2 Å². The Morgan fingerprint density at radius 1 is 0.935 bits per heavy atom. The average molecular weight is 429 g/mol. The quantitative estimate of drug-likeness (QED) is 0.351. The van der Waals surface area contributed by atoms with Crippen molar-refractivity contribution in [3.63, 3.8) is 0 Å². The molecule has 0 saturated heterocycles. The van der Waals surface area contributed by atoms with Crippen molar-refractivity contribution in [3.8, 4) is 0 Å². The number of hydrogen-bond donors (Lipinski definition) is 4. The zero-order valence-electron chi connectivity index (χ0n) is 17.1. The van der Waals surface area contributed by atoms with Gasteiger partial charge in [-0.2, -0.15) is 0 Å². The van der Waals surface area contributed by atoms with Crippen LogP contribution in [0.1, 0.15) is 30.7 Å². The molecule has 2 amide bonds. The molecular formula is C21H27N5O5. The lowest BCUT2D eigenvalue weighted by Gasteiger charge is -2.22. The van der Waals surface area contributed by atoms with E-state index < -0.39 is 30.6 Å². The molecule has 0 aliphatic heterocycles. The van der Waals surface area contributed by atoms with E-state index in [9.17, 15) is 19.5 Å². The van der Waals surface area contributed by atoms with Gasteiger partial charge in [0.05, 0.1) is 11.4 Å². The van der Waals surface area contributed by atoms with Gasteiger partial charge in [0.2, 0.25) is 0 Å². The topological polar surface area (TPSA) is 145 Å². The number of urea groups is 1. The van der Waals surface area contributed by atoms with Gasteiger partial charge in [0.25, 0.3) is 0 Å². The van der Waals surface area contributed by atoms with E-state index in [0.717, 1.165) is 11.4 Å². The number of carbonyl (C=O) groups excluding carboxylic acids is 1. The number of nitrogens with zero attached hydrogens (tertiary/aromatic N) is 3. The number of amides is 2. The summed E-state index contributed by atoms with van der Waals surface area (Å²) in [7, 11) is 0. The third kappa shape index (κ3) is 9.68. The summed E-state index contributed by atoms with van der Waals surface area (Å²) in [5.41, 5.74) is 1.86. The fourth-order valence-corrected chi connectivity index (χ4v) is 2.96. The number of unbranched alkanes of at least 4 members (excludes halogenated alkanes) is 1. The normalized spacial score (nSPS) is 11.6. The fourth-order valence-electron chi connectivity index (χ4n) is 2.96. The highest BCUT2D eigenvalue weighted by molar-refractivity contribution is 5.84. The summed E-state index contributed by atoms with van der Waals surface area (Å²) in [6, 6.07) is 9.57. The Hall–Kier alpha value is -3.53. The third-order valence-electron chi connectivity index (χ3n) is 4.44. The first-order valence-corrected chi connectivity index (χ1v) is 9.95. The van der Waals surface area contributed by atoms with Crippen LogP contribution in [0.2, 0.25) is 0 Å². The Morgan fingerprint density at radius 3 is 2.03 bits per heavy atom. The number of rotatable bonds is 13. The zero-order chi connectivity index (χ0) is 22.5. The predicted molar refractivity (Wildman–Crippen MR) is 112 cm³/mol. The molecule has 2 aromatic heterocycles. The van der Waals surface area contributed by atoms with Crippen molar-refractivity contribution in [3.05, 3.63) is 60.2 Å². The maximum Gasteiger partial charge on any atom is 0.326 e. The van der Waals surface area contributed by atoms with Crippen LogP contribution in [0.4, 0.5) is 4.79 Å². The smallest absolute Gasteiger partial charge is 0.326 e. The molecule has 0 spiro atoms. The molecule has 0 saturated carbocycles. The van der Waals surface area contributed by atoms with Crippen molar-refractivity contribution < 1.29 is 24.6 Å². The van der Waals surface area contributed by atoms with E-state index in [0.29, 0.717) is 32.5 Å².